The zero-order valence-corrected chi connectivity index (χ0v) is 66.5. The van der Waals surface area contributed by atoms with Crippen LogP contribution in [0.5, 0.6) is 0 Å². The van der Waals surface area contributed by atoms with E-state index in [4.69, 9.17) is 28.8 Å². The van der Waals surface area contributed by atoms with Crippen LogP contribution in [0.2, 0.25) is 0 Å². The highest BCUT2D eigenvalue weighted by atomic mass is 16.7. The van der Waals surface area contributed by atoms with Gasteiger partial charge in [-0.15, -0.1) is 0 Å². The standard InChI is InChI=1S/C82H148N6O15/c1-12-15-17-19-21-23-25-27-29-31-33-35-37-39-41-46-56-82(57-47-42-40-38-36-34-32-30-28-26-24-22-20-18-16-13-2)100-64-68(103-82)54-61-88(11)60-49-43-44-51-71(89)85-65-79(6,7)101-67-80(8,9)99-62-59-84-76(97)78(4,5)66-102-81(10,55-14-3)63-72(90)83-58-48-45-50-69(74(93)94)86-77(98)87-70(75(95)96)52-53-73(91)92/h21-24,27-30,68-70H,12-20,25-26,31-67H2,1-11H3,(H,83,90)(H,84,97)(H,85,89)(H,91,92)(H,93,94)(H,95,96)(H2,86,87,98). The van der Waals surface area contributed by atoms with Gasteiger partial charge in [-0.2, -0.15) is 0 Å². The van der Waals surface area contributed by atoms with Gasteiger partial charge in [-0.1, -0.05) is 159 Å². The molecule has 1 aliphatic rings. The number of carbonyl (C=O) groups excluding carboxylic acids is 4. The summed E-state index contributed by atoms with van der Waals surface area (Å²) < 4.78 is 32.3. The fourth-order valence-corrected chi connectivity index (χ4v) is 12.2. The summed E-state index contributed by atoms with van der Waals surface area (Å²) in [5.74, 6) is -5.01. The molecule has 1 rings (SSSR count). The molecule has 4 atom stereocenters. The van der Waals surface area contributed by atoms with Crippen LogP contribution in [0.1, 0.15) is 320 Å². The third kappa shape index (κ3) is 52.4. The molecule has 1 heterocycles. The van der Waals surface area contributed by atoms with Gasteiger partial charge in [0.2, 0.25) is 17.7 Å². The van der Waals surface area contributed by atoms with Gasteiger partial charge in [0.15, 0.2) is 5.79 Å². The molecule has 0 saturated carbocycles. The van der Waals surface area contributed by atoms with E-state index in [1.807, 2.05) is 41.5 Å². The van der Waals surface area contributed by atoms with E-state index in [1.165, 1.54) is 128 Å². The number of allylic oxidation sites excluding steroid dienone is 8. The lowest BCUT2D eigenvalue weighted by molar-refractivity contribution is -0.180. The van der Waals surface area contributed by atoms with Crippen LogP contribution in [0.25, 0.3) is 0 Å². The highest BCUT2D eigenvalue weighted by molar-refractivity contribution is 5.86. The molecule has 0 aromatic carbocycles. The number of nitrogens with zero attached hydrogens (tertiary/aromatic N) is 1. The maximum absolute atomic E-state index is 13.4. The van der Waals surface area contributed by atoms with Gasteiger partial charge in [-0.05, 0) is 190 Å². The Kier molecular flexibility index (Phi) is 53.9. The number of hydrogen-bond acceptors (Lipinski definition) is 13. The molecule has 21 nitrogen and oxygen atoms in total. The molecule has 0 aliphatic carbocycles. The van der Waals surface area contributed by atoms with Crippen molar-refractivity contribution in [2.45, 2.75) is 360 Å². The van der Waals surface area contributed by atoms with Gasteiger partial charge in [0, 0.05) is 51.9 Å². The minimum absolute atomic E-state index is 0.00459. The molecule has 0 aromatic heterocycles. The van der Waals surface area contributed by atoms with Crippen molar-refractivity contribution in [1.82, 2.24) is 31.5 Å². The molecule has 4 unspecified atom stereocenters. The molecule has 0 bridgehead atoms. The zero-order valence-electron chi connectivity index (χ0n) is 66.5. The fraction of sp³-hybridized carbons (Fsp3) is 0.817. The first-order valence-corrected chi connectivity index (χ1v) is 40.2. The topological polar surface area (TPSA) is 290 Å². The Bertz CT molecular complexity index is 2370. The van der Waals surface area contributed by atoms with Gasteiger partial charge < -0.3 is 70.5 Å². The molecular weight excluding hydrogens is 1310 g/mol. The highest BCUT2D eigenvalue weighted by Crippen LogP contribution is 2.36. The minimum atomic E-state index is -1.51. The summed E-state index contributed by atoms with van der Waals surface area (Å²) in [5, 5.41) is 40.9. The van der Waals surface area contributed by atoms with Crippen LogP contribution in [0.4, 0.5) is 4.79 Å². The lowest BCUT2D eigenvalue weighted by Gasteiger charge is -2.34. The van der Waals surface area contributed by atoms with Gasteiger partial charge in [0.05, 0.1) is 61.2 Å². The summed E-state index contributed by atoms with van der Waals surface area (Å²) in [5.41, 5.74) is -3.17. The van der Waals surface area contributed by atoms with E-state index in [2.05, 4.69) is 101 Å². The van der Waals surface area contributed by atoms with Crippen LogP contribution in [-0.4, -0.2) is 169 Å². The van der Waals surface area contributed by atoms with Crippen LogP contribution < -0.4 is 26.6 Å². The van der Waals surface area contributed by atoms with Crippen molar-refractivity contribution in [1.29, 1.82) is 0 Å². The number of carboxylic acid groups (broad SMARTS) is 3. The van der Waals surface area contributed by atoms with E-state index in [0.717, 1.165) is 77.3 Å². The van der Waals surface area contributed by atoms with Crippen LogP contribution in [0.15, 0.2) is 48.6 Å². The smallest absolute Gasteiger partial charge is 0.326 e. The van der Waals surface area contributed by atoms with Crippen molar-refractivity contribution < 1.29 is 72.6 Å². The molecule has 103 heavy (non-hydrogen) atoms. The second kappa shape index (κ2) is 58.0. The first-order chi connectivity index (χ1) is 49.1. The van der Waals surface area contributed by atoms with Crippen LogP contribution in [0, 0.1) is 5.41 Å². The van der Waals surface area contributed by atoms with Crippen molar-refractivity contribution in [3.8, 4) is 0 Å². The lowest BCUT2D eigenvalue weighted by atomic mass is 9.91. The number of carboxylic acids is 3. The molecule has 1 saturated heterocycles. The molecule has 1 fully saturated rings. The number of carbonyl (C=O) groups is 7. The quantitative estimate of drug-likeness (QED) is 0.0207. The number of rotatable bonds is 68. The van der Waals surface area contributed by atoms with Gasteiger partial charge in [-0.25, -0.2) is 14.4 Å². The number of aliphatic carboxylic acids is 3. The minimum Gasteiger partial charge on any atom is -0.481 e. The van der Waals surface area contributed by atoms with Crippen molar-refractivity contribution in [2.75, 3.05) is 66.2 Å². The second-order valence-corrected chi connectivity index (χ2v) is 30.9. The predicted molar refractivity (Wildman–Crippen MR) is 414 cm³/mol. The molecule has 0 aromatic rings. The number of amides is 5. The van der Waals surface area contributed by atoms with Gasteiger partial charge in [0.25, 0.3) is 0 Å². The van der Waals surface area contributed by atoms with Crippen molar-refractivity contribution in [2.24, 2.45) is 5.41 Å². The van der Waals surface area contributed by atoms with Crippen LogP contribution in [0.3, 0.4) is 0 Å². The van der Waals surface area contributed by atoms with Crippen LogP contribution in [-0.2, 0) is 52.5 Å². The molecule has 596 valence electrons. The summed E-state index contributed by atoms with van der Waals surface area (Å²) in [6, 6.07) is -3.92. The molecule has 21 heteroatoms. The average Bonchev–Trinajstić information content (AvgIpc) is 1.75. The summed E-state index contributed by atoms with van der Waals surface area (Å²) >= 11 is 0. The Balaban J connectivity index is 2.47. The summed E-state index contributed by atoms with van der Waals surface area (Å²) in [7, 11) is 2.19. The van der Waals surface area contributed by atoms with E-state index in [-0.39, 0.29) is 76.0 Å². The molecule has 5 amide bonds. The summed E-state index contributed by atoms with van der Waals surface area (Å²) in [4.78, 5) is 88.3. The number of hydrogen-bond donors (Lipinski definition) is 8. The first-order valence-electron chi connectivity index (χ1n) is 40.2. The van der Waals surface area contributed by atoms with Gasteiger partial charge >= 0.3 is 23.9 Å². The number of unbranched alkanes of at least 4 members (excludes halogenated alkanes) is 21. The fourth-order valence-electron chi connectivity index (χ4n) is 12.2. The van der Waals surface area contributed by atoms with Crippen molar-refractivity contribution in [3.05, 3.63) is 48.6 Å². The monoisotopic (exact) mass is 1460 g/mol. The zero-order chi connectivity index (χ0) is 76.5. The van der Waals surface area contributed by atoms with Gasteiger partial charge in [0.1, 0.15) is 12.1 Å². The molecular formula is C82H148N6O15. The Hall–Kier alpha value is -5.19. The number of nitrogens with one attached hydrogen (secondary N) is 5. The van der Waals surface area contributed by atoms with E-state index in [1.54, 1.807) is 13.8 Å². The number of ether oxygens (including phenoxy) is 5. The largest absolute Gasteiger partial charge is 0.481 e. The Morgan fingerprint density at radius 1 is 0.524 bits per heavy atom. The molecule has 0 spiro atoms. The first kappa shape index (κ1) is 95.8. The Labute approximate surface area is 623 Å². The van der Waals surface area contributed by atoms with Crippen LogP contribution >= 0.6 is 0 Å². The Morgan fingerprint density at radius 3 is 1.58 bits per heavy atom. The third-order valence-corrected chi connectivity index (χ3v) is 18.9. The normalized spacial score (nSPS) is 16.4. The summed E-state index contributed by atoms with van der Waals surface area (Å²) in [6.45, 7) is 23.5. The van der Waals surface area contributed by atoms with Crippen molar-refractivity contribution in [3.63, 3.8) is 0 Å². The van der Waals surface area contributed by atoms with E-state index < -0.39 is 70.4 Å². The van der Waals surface area contributed by atoms with Gasteiger partial charge in [-0.3, -0.25) is 19.2 Å². The maximum atomic E-state index is 13.4. The third-order valence-electron chi connectivity index (χ3n) is 18.9. The second-order valence-electron chi connectivity index (χ2n) is 30.9. The molecule has 0 radical (unpaired) electrons. The lowest BCUT2D eigenvalue weighted by Crippen LogP contribution is -2.51. The van der Waals surface area contributed by atoms with E-state index in [9.17, 15) is 43.8 Å². The number of urea groups is 1. The highest BCUT2D eigenvalue weighted by Gasteiger charge is 2.41. The van der Waals surface area contributed by atoms with Crippen molar-refractivity contribution >= 4 is 41.7 Å². The SMILES string of the molecule is CCCCCC=CCC=CCCCCCCCCC1(CCCCCCCCC=CCC=CCCCCC)OCC(CCN(C)CCCCCC(=O)NCC(C)(C)OCC(C)(C)OCCNC(=O)C(C)(C)COC(C)(CCC)CC(=O)NCCCCC(NC(=O)NC(CCC(=O)O)C(=O)O)C(=O)O)O1. The molecule has 1 aliphatic heterocycles. The van der Waals surface area contributed by atoms with E-state index >= 15 is 0 Å². The Morgan fingerprint density at radius 2 is 1.05 bits per heavy atom. The van der Waals surface area contributed by atoms with E-state index in [0.29, 0.717) is 45.3 Å². The molecule has 8 N–H and O–H groups in total. The predicted octanol–water partition coefficient (Wildman–Crippen LogP) is 16.6. The maximum Gasteiger partial charge on any atom is 0.326 e. The average molecular weight is 1460 g/mol. The summed E-state index contributed by atoms with van der Waals surface area (Å²) in [6.07, 6.45) is 55.8.